The van der Waals surface area contributed by atoms with E-state index in [9.17, 15) is 19.2 Å². The summed E-state index contributed by atoms with van der Waals surface area (Å²) in [5.41, 5.74) is -0.127. The van der Waals surface area contributed by atoms with Gasteiger partial charge in [0.05, 0.1) is 12.7 Å². The number of ether oxygens (including phenoxy) is 2. The molecule has 0 radical (unpaired) electrons. The largest absolute Gasteiger partial charge is 0.496 e. The van der Waals surface area contributed by atoms with Gasteiger partial charge in [0.1, 0.15) is 17.0 Å². The minimum Gasteiger partial charge on any atom is -0.496 e. The van der Waals surface area contributed by atoms with Crippen LogP contribution in [0, 0.1) is 5.41 Å². The number of rotatable bonds is 13. The molecule has 0 aliphatic rings. The molecule has 2 aromatic rings. The molecule has 234 valence electrons. The van der Waals surface area contributed by atoms with E-state index in [0.717, 1.165) is 0 Å². The Kier molecular flexibility index (Phi) is 12.9. The monoisotopic (exact) mass is 615 g/mol. The van der Waals surface area contributed by atoms with Crippen LogP contribution in [0.5, 0.6) is 5.75 Å². The van der Waals surface area contributed by atoms with Crippen molar-refractivity contribution in [1.29, 1.82) is 0 Å². The van der Waals surface area contributed by atoms with Crippen molar-refractivity contribution < 1.29 is 28.7 Å². The van der Waals surface area contributed by atoms with Crippen LogP contribution in [-0.2, 0) is 14.3 Å². The Hall–Kier alpha value is -4.25. The molecule has 0 aliphatic carbocycles. The maximum Gasteiger partial charge on any atom is 0.407 e. The average molecular weight is 616 g/mol. The maximum absolute atomic E-state index is 13.3. The number of nitrogens with one attached hydrogen (secondary N) is 5. The van der Waals surface area contributed by atoms with Gasteiger partial charge in [-0.1, -0.05) is 43.6 Å². The number of methoxy groups -OCH3 is 1. The fourth-order valence-electron chi connectivity index (χ4n) is 3.92. The third kappa shape index (κ3) is 12.3. The van der Waals surface area contributed by atoms with Crippen LogP contribution in [0.15, 0.2) is 59.9 Å². The van der Waals surface area contributed by atoms with E-state index in [4.69, 9.17) is 21.1 Å². The van der Waals surface area contributed by atoms with Crippen LogP contribution in [0.2, 0.25) is 5.02 Å². The zero-order chi connectivity index (χ0) is 32.2. The van der Waals surface area contributed by atoms with Crippen LogP contribution in [0.3, 0.4) is 0 Å². The predicted octanol–water partition coefficient (Wildman–Crippen LogP) is 4.60. The highest BCUT2D eigenvalue weighted by atomic mass is 35.5. The highest BCUT2D eigenvalue weighted by Crippen LogP contribution is 2.24. The van der Waals surface area contributed by atoms with Crippen molar-refractivity contribution in [2.45, 2.75) is 53.1 Å². The van der Waals surface area contributed by atoms with E-state index in [1.165, 1.54) is 13.2 Å². The zero-order valence-electron chi connectivity index (χ0n) is 25.8. The first-order chi connectivity index (χ1) is 20.1. The smallest absolute Gasteiger partial charge is 0.407 e. The number of benzene rings is 2. The third-order valence-electron chi connectivity index (χ3n) is 5.94. The average Bonchev–Trinajstić information content (AvgIpc) is 2.92. The molecule has 0 bridgehead atoms. The molecule has 2 rings (SSSR count). The van der Waals surface area contributed by atoms with Gasteiger partial charge in [0.2, 0.25) is 5.91 Å². The van der Waals surface area contributed by atoms with Gasteiger partial charge in [-0.25, -0.2) is 4.79 Å². The molecule has 0 saturated heterocycles. The molecule has 0 saturated carbocycles. The topological polar surface area (TPSA) is 147 Å². The second-order valence-corrected chi connectivity index (χ2v) is 12.0. The Labute approximate surface area is 258 Å². The van der Waals surface area contributed by atoms with Gasteiger partial charge >= 0.3 is 6.09 Å². The lowest BCUT2D eigenvalue weighted by molar-refractivity contribution is -0.124. The first-order valence-corrected chi connectivity index (χ1v) is 14.2. The molecule has 0 atom stereocenters. The molecule has 12 heteroatoms. The van der Waals surface area contributed by atoms with Gasteiger partial charge in [0.25, 0.3) is 11.8 Å². The van der Waals surface area contributed by atoms with E-state index in [1.54, 1.807) is 64.2 Å². The number of amides is 4. The van der Waals surface area contributed by atoms with E-state index in [2.05, 4.69) is 26.6 Å². The van der Waals surface area contributed by atoms with E-state index >= 15 is 0 Å². The molecular weight excluding hydrogens is 574 g/mol. The summed E-state index contributed by atoms with van der Waals surface area (Å²) >= 11 is 6.05. The number of hydrogen-bond donors (Lipinski definition) is 5. The summed E-state index contributed by atoms with van der Waals surface area (Å²) in [6, 6.07) is 13.5. The Bertz CT molecular complexity index is 1320. The van der Waals surface area contributed by atoms with Crippen LogP contribution < -0.4 is 31.3 Å². The van der Waals surface area contributed by atoms with Gasteiger partial charge in [0, 0.05) is 49.4 Å². The lowest BCUT2D eigenvalue weighted by atomic mass is 9.88. The van der Waals surface area contributed by atoms with Gasteiger partial charge in [0.15, 0.2) is 0 Å². The molecular formula is C31H42ClN5O6. The number of carbonyl (C=O) groups is 4. The number of para-hydroxylation sites is 1. The Morgan fingerprint density at radius 3 is 2.21 bits per heavy atom. The summed E-state index contributed by atoms with van der Waals surface area (Å²) in [6.45, 7) is 9.21. The molecule has 0 unspecified atom stereocenters. The van der Waals surface area contributed by atoms with Gasteiger partial charge in [-0.2, -0.15) is 0 Å². The third-order valence-corrected chi connectivity index (χ3v) is 6.18. The summed E-state index contributed by atoms with van der Waals surface area (Å²) in [4.78, 5) is 51.5. The minimum absolute atomic E-state index is 0.00541. The number of hydrogen-bond acceptors (Lipinski definition) is 7. The van der Waals surface area contributed by atoms with Crippen molar-refractivity contribution in [2.24, 2.45) is 5.41 Å². The van der Waals surface area contributed by atoms with Crippen molar-refractivity contribution >= 4 is 41.1 Å². The van der Waals surface area contributed by atoms with Gasteiger partial charge < -0.3 is 36.1 Å². The summed E-state index contributed by atoms with van der Waals surface area (Å²) in [5, 5.41) is 14.4. The molecule has 2 aromatic carbocycles. The predicted molar refractivity (Wildman–Crippen MR) is 167 cm³/mol. The Morgan fingerprint density at radius 1 is 0.930 bits per heavy atom. The van der Waals surface area contributed by atoms with Crippen LogP contribution in [-0.4, -0.2) is 56.7 Å². The quantitative estimate of drug-likeness (QED) is 0.207. The molecule has 0 heterocycles. The van der Waals surface area contributed by atoms with Gasteiger partial charge in [-0.15, -0.1) is 0 Å². The van der Waals surface area contributed by atoms with Crippen LogP contribution in [0.25, 0.3) is 0 Å². The van der Waals surface area contributed by atoms with Crippen molar-refractivity contribution in [3.05, 3.63) is 70.5 Å². The van der Waals surface area contributed by atoms with Crippen LogP contribution in [0.4, 0.5) is 10.5 Å². The lowest BCUT2D eigenvalue weighted by Gasteiger charge is -2.25. The van der Waals surface area contributed by atoms with E-state index in [-0.39, 0.29) is 37.2 Å². The van der Waals surface area contributed by atoms with Crippen molar-refractivity contribution in [1.82, 2.24) is 21.3 Å². The molecule has 5 N–H and O–H groups in total. The maximum atomic E-state index is 13.3. The van der Waals surface area contributed by atoms with E-state index < -0.39 is 34.8 Å². The number of alkyl carbamates (subject to hydrolysis) is 1. The van der Waals surface area contributed by atoms with Crippen molar-refractivity contribution in [2.75, 3.05) is 32.6 Å². The fraction of sp³-hybridized carbons (Fsp3) is 0.419. The standard InChI is InChI=1S/C31H42ClN5O6/c1-30(2,3)43-29(41)34-16-15-23(33-6)26(28(40)36-21-11-9-8-10-12-21)37-25(38)18-31(4,5)19-35-27(39)22-17-20(32)13-14-24(22)42-7/h8-14,17,33H,15-16,18-19H2,1-7H3,(H,34,41)(H,35,39)(H,36,40)(H,37,38)/b26-23+. The number of anilines is 1. The lowest BCUT2D eigenvalue weighted by Crippen LogP contribution is -2.40. The number of carbonyl (C=O) groups excluding carboxylic acids is 4. The van der Waals surface area contributed by atoms with E-state index in [1.807, 2.05) is 19.9 Å². The zero-order valence-corrected chi connectivity index (χ0v) is 26.5. The fourth-order valence-corrected chi connectivity index (χ4v) is 4.09. The highest BCUT2D eigenvalue weighted by molar-refractivity contribution is 6.31. The van der Waals surface area contributed by atoms with Crippen LogP contribution in [0.1, 0.15) is 57.8 Å². The first kappa shape index (κ1) is 34.9. The molecule has 43 heavy (non-hydrogen) atoms. The highest BCUT2D eigenvalue weighted by Gasteiger charge is 2.27. The molecule has 11 nitrogen and oxygen atoms in total. The van der Waals surface area contributed by atoms with Crippen LogP contribution >= 0.6 is 11.6 Å². The summed E-state index contributed by atoms with van der Waals surface area (Å²) in [6.07, 6.45) is -0.412. The number of halogens is 1. The molecule has 0 aliphatic heterocycles. The normalized spacial score (nSPS) is 11.9. The molecule has 0 spiro atoms. The molecule has 4 amide bonds. The second kappa shape index (κ2) is 15.8. The summed E-state index contributed by atoms with van der Waals surface area (Å²) < 4.78 is 10.5. The minimum atomic E-state index is -0.690. The van der Waals surface area contributed by atoms with Gasteiger partial charge in [-0.3, -0.25) is 14.4 Å². The van der Waals surface area contributed by atoms with Gasteiger partial charge in [-0.05, 0) is 56.5 Å². The van der Waals surface area contributed by atoms with Crippen molar-refractivity contribution in [3.63, 3.8) is 0 Å². The Morgan fingerprint density at radius 2 is 1.60 bits per heavy atom. The first-order valence-electron chi connectivity index (χ1n) is 13.8. The summed E-state index contributed by atoms with van der Waals surface area (Å²) in [5.74, 6) is -1.01. The van der Waals surface area contributed by atoms with Crippen molar-refractivity contribution in [3.8, 4) is 5.75 Å². The molecule has 0 aromatic heterocycles. The second-order valence-electron chi connectivity index (χ2n) is 11.5. The molecule has 0 fully saturated rings. The Balaban J connectivity index is 2.16. The SMILES string of the molecule is CN/C(CCNC(=O)OC(C)(C)C)=C(/NC(=O)CC(C)(C)CNC(=O)c1cc(Cl)ccc1OC)C(=O)Nc1ccccc1. The van der Waals surface area contributed by atoms with E-state index in [0.29, 0.717) is 22.2 Å². The summed E-state index contributed by atoms with van der Waals surface area (Å²) in [7, 11) is 3.08.